The van der Waals surface area contributed by atoms with Crippen LogP contribution in [0.4, 0.5) is 0 Å². The molecule has 2 heterocycles. The molecule has 0 radical (unpaired) electrons. The van der Waals surface area contributed by atoms with Crippen LogP contribution in [0.1, 0.15) is 31.7 Å². The Hall–Kier alpha value is -0.890. The smallest absolute Gasteiger partial charge is 0.0270 e. The Kier molecular flexibility index (Phi) is 3.14. The van der Waals surface area contributed by atoms with Crippen LogP contribution in [0.5, 0.6) is 0 Å². The second-order valence-electron chi connectivity index (χ2n) is 4.24. The fourth-order valence-electron chi connectivity index (χ4n) is 2.14. The Morgan fingerprint density at radius 3 is 2.79 bits per heavy atom. The zero-order chi connectivity index (χ0) is 9.80. The summed E-state index contributed by atoms with van der Waals surface area (Å²) in [4.78, 5) is 4.02. The summed E-state index contributed by atoms with van der Waals surface area (Å²) in [5, 5.41) is 3.61. The zero-order valence-electron chi connectivity index (χ0n) is 8.74. The molecular formula is C12H18N2. The minimum atomic E-state index is 0.720. The van der Waals surface area contributed by atoms with Crippen molar-refractivity contribution in [3.05, 3.63) is 30.1 Å². The minimum Gasteiger partial charge on any atom is -0.311 e. The lowest BCUT2D eigenvalue weighted by molar-refractivity contribution is 0.527. The lowest BCUT2D eigenvalue weighted by Gasteiger charge is -2.11. The van der Waals surface area contributed by atoms with Gasteiger partial charge >= 0.3 is 0 Å². The number of hydrogen-bond acceptors (Lipinski definition) is 2. The largest absolute Gasteiger partial charge is 0.311 e. The van der Waals surface area contributed by atoms with Crippen LogP contribution in [0.25, 0.3) is 0 Å². The van der Waals surface area contributed by atoms with Gasteiger partial charge in [-0.1, -0.05) is 0 Å². The van der Waals surface area contributed by atoms with Crippen LogP contribution in [-0.4, -0.2) is 17.1 Å². The molecule has 0 bridgehead atoms. The molecule has 2 nitrogen and oxygen atoms in total. The summed E-state index contributed by atoms with van der Waals surface area (Å²) in [6.45, 7) is 2.27. The van der Waals surface area contributed by atoms with Gasteiger partial charge in [0.1, 0.15) is 0 Å². The average molecular weight is 190 g/mol. The SMILES string of the molecule is C[C@@H]1CC[C@H](CCc2ccncc2)N1. The molecule has 0 aliphatic carbocycles. The predicted molar refractivity (Wildman–Crippen MR) is 58.2 cm³/mol. The first-order chi connectivity index (χ1) is 6.84. The number of rotatable bonds is 3. The van der Waals surface area contributed by atoms with Crippen LogP contribution in [0.2, 0.25) is 0 Å². The monoisotopic (exact) mass is 190 g/mol. The molecule has 0 spiro atoms. The molecular weight excluding hydrogens is 172 g/mol. The van der Waals surface area contributed by atoms with Gasteiger partial charge in [0.05, 0.1) is 0 Å². The molecule has 0 unspecified atom stereocenters. The van der Waals surface area contributed by atoms with Gasteiger partial charge in [0.15, 0.2) is 0 Å². The highest BCUT2D eigenvalue weighted by molar-refractivity contribution is 5.10. The maximum absolute atomic E-state index is 4.02. The van der Waals surface area contributed by atoms with Gasteiger partial charge in [0, 0.05) is 24.5 Å². The van der Waals surface area contributed by atoms with Crippen LogP contribution in [0.3, 0.4) is 0 Å². The Balaban J connectivity index is 1.78. The van der Waals surface area contributed by atoms with Gasteiger partial charge in [-0.2, -0.15) is 0 Å². The Bertz CT molecular complexity index is 271. The van der Waals surface area contributed by atoms with E-state index in [9.17, 15) is 0 Å². The molecule has 0 saturated carbocycles. The topological polar surface area (TPSA) is 24.9 Å². The maximum Gasteiger partial charge on any atom is 0.0270 e. The molecule has 2 heteroatoms. The van der Waals surface area contributed by atoms with Gasteiger partial charge in [-0.05, 0) is 50.3 Å². The van der Waals surface area contributed by atoms with Crippen molar-refractivity contribution in [2.75, 3.05) is 0 Å². The number of aromatic nitrogens is 1. The van der Waals surface area contributed by atoms with Crippen molar-refractivity contribution in [2.24, 2.45) is 0 Å². The number of aryl methyl sites for hydroxylation is 1. The maximum atomic E-state index is 4.02. The molecule has 76 valence electrons. The van der Waals surface area contributed by atoms with Crippen molar-refractivity contribution in [3.63, 3.8) is 0 Å². The third-order valence-corrected chi connectivity index (χ3v) is 3.00. The summed E-state index contributed by atoms with van der Waals surface area (Å²) in [7, 11) is 0. The molecule has 2 rings (SSSR count). The van der Waals surface area contributed by atoms with Crippen LogP contribution in [0.15, 0.2) is 24.5 Å². The second kappa shape index (κ2) is 4.56. The molecule has 1 fully saturated rings. The summed E-state index contributed by atoms with van der Waals surface area (Å²) in [6.07, 6.45) is 8.86. The van der Waals surface area contributed by atoms with Gasteiger partial charge < -0.3 is 5.32 Å². The molecule has 1 saturated heterocycles. The molecule has 2 atom stereocenters. The van der Waals surface area contributed by atoms with Crippen molar-refractivity contribution < 1.29 is 0 Å². The molecule has 1 aliphatic heterocycles. The molecule has 1 aromatic rings. The third-order valence-electron chi connectivity index (χ3n) is 3.00. The Morgan fingerprint density at radius 1 is 1.36 bits per heavy atom. The molecule has 0 aromatic carbocycles. The molecule has 14 heavy (non-hydrogen) atoms. The molecule has 1 aliphatic rings. The first-order valence-electron chi connectivity index (χ1n) is 5.49. The summed E-state index contributed by atoms with van der Waals surface area (Å²) >= 11 is 0. The van der Waals surface area contributed by atoms with E-state index in [2.05, 4.69) is 29.4 Å². The number of nitrogens with one attached hydrogen (secondary N) is 1. The number of nitrogens with zero attached hydrogens (tertiary/aromatic N) is 1. The van der Waals surface area contributed by atoms with Crippen LogP contribution >= 0.6 is 0 Å². The van der Waals surface area contributed by atoms with E-state index in [1.807, 2.05) is 12.4 Å². The average Bonchev–Trinajstić information content (AvgIpc) is 2.63. The van der Waals surface area contributed by atoms with Crippen molar-refractivity contribution in [3.8, 4) is 0 Å². The Morgan fingerprint density at radius 2 is 2.14 bits per heavy atom. The van der Waals surface area contributed by atoms with Crippen molar-refractivity contribution in [1.29, 1.82) is 0 Å². The molecule has 1 aromatic heterocycles. The second-order valence-corrected chi connectivity index (χ2v) is 4.24. The highest BCUT2D eigenvalue weighted by Crippen LogP contribution is 2.16. The summed E-state index contributed by atoms with van der Waals surface area (Å²) < 4.78 is 0. The lowest BCUT2D eigenvalue weighted by Crippen LogP contribution is -2.27. The fourth-order valence-corrected chi connectivity index (χ4v) is 2.14. The van der Waals surface area contributed by atoms with Crippen LogP contribution < -0.4 is 5.32 Å². The Labute approximate surface area is 85.7 Å². The van der Waals surface area contributed by atoms with Crippen LogP contribution in [0, 0.1) is 0 Å². The van der Waals surface area contributed by atoms with E-state index >= 15 is 0 Å². The standard InChI is InChI=1S/C12H18N2/c1-10-2-4-12(14-10)5-3-11-6-8-13-9-7-11/h6-10,12,14H,2-5H2,1H3/t10-,12-/m1/s1. The minimum absolute atomic E-state index is 0.720. The summed E-state index contributed by atoms with van der Waals surface area (Å²) in [6, 6.07) is 5.67. The lowest BCUT2D eigenvalue weighted by atomic mass is 10.1. The van der Waals surface area contributed by atoms with Gasteiger partial charge in [-0.15, -0.1) is 0 Å². The van der Waals surface area contributed by atoms with E-state index in [-0.39, 0.29) is 0 Å². The first-order valence-corrected chi connectivity index (χ1v) is 5.49. The van der Waals surface area contributed by atoms with E-state index in [0.717, 1.165) is 12.1 Å². The first kappa shape index (κ1) is 9.66. The number of pyridine rings is 1. The highest BCUT2D eigenvalue weighted by atomic mass is 15.0. The number of hydrogen-bond donors (Lipinski definition) is 1. The predicted octanol–water partition coefficient (Wildman–Crippen LogP) is 2.15. The highest BCUT2D eigenvalue weighted by Gasteiger charge is 2.19. The van der Waals surface area contributed by atoms with Gasteiger partial charge in [0.2, 0.25) is 0 Å². The van der Waals surface area contributed by atoms with Gasteiger partial charge in [0.25, 0.3) is 0 Å². The fraction of sp³-hybridized carbons (Fsp3) is 0.583. The van der Waals surface area contributed by atoms with Crippen molar-refractivity contribution in [2.45, 2.75) is 44.7 Å². The van der Waals surface area contributed by atoms with E-state index < -0.39 is 0 Å². The third kappa shape index (κ3) is 2.55. The van der Waals surface area contributed by atoms with Crippen LogP contribution in [-0.2, 0) is 6.42 Å². The molecule has 0 amide bonds. The van der Waals surface area contributed by atoms with E-state index in [1.54, 1.807) is 0 Å². The van der Waals surface area contributed by atoms with E-state index in [1.165, 1.54) is 31.2 Å². The normalized spacial score (nSPS) is 26.6. The van der Waals surface area contributed by atoms with Crippen molar-refractivity contribution in [1.82, 2.24) is 10.3 Å². The summed E-state index contributed by atoms with van der Waals surface area (Å²) in [5.74, 6) is 0. The summed E-state index contributed by atoms with van der Waals surface area (Å²) in [5.41, 5.74) is 1.40. The zero-order valence-corrected chi connectivity index (χ0v) is 8.74. The van der Waals surface area contributed by atoms with E-state index in [4.69, 9.17) is 0 Å². The van der Waals surface area contributed by atoms with Gasteiger partial charge in [-0.3, -0.25) is 4.98 Å². The van der Waals surface area contributed by atoms with E-state index in [0.29, 0.717) is 0 Å². The van der Waals surface area contributed by atoms with Gasteiger partial charge in [-0.25, -0.2) is 0 Å². The van der Waals surface area contributed by atoms with Crippen molar-refractivity contribution >= 4 is 0 Å². The molecule has 1 N–H and O–H groups in total. The quantitative estimate of drug-likeness (QED) is 0.790.